The average Bonchev–Trinajstić information content (AvgIpc) is 3.81. The molecule has 0 bridgehead atoms. The van der Waals surface area contributed by atoms with E-state index in [4.69, 9.17) is 19.3 Å². The predicted octanol–water partition coefficient (Wildman–Crippen LogP) is 3.37. The van der Waals surface area contributed by atoms with Gasteiger partial charge in [0.15, 0.2) is 5.78 Å². The van der Waals surface area contributed by atoms with Crippen molar-refractivity contribution in [1.82, 2.24) is 15.5 Å². The van der Waals surface area contributed by atoms with Crippen LogP contribution in [0.2, 0.25) is 0 Å². The van der Waals surface area contributed by atoms with Gasteiger partial charge >= 0.3 is 12.1 Å². The van der Waals surface area contributed by atoms with Crippen LogP contribution in [-0.2, 0) is 33.4 Å². The molecule has 45 heavy (non-hydrogen) atoms. The van der Waals surface area contributed by atoms with Crippen LogP contribution in [0.25, 0.3) is 0 Å². The number of rotatable bonds is 14. The van der Waals surface area contributed by atoms with E-state index >= 15 is 0 Å². The lowest BCUT2D eigenvalue weighted by atomic mass is 9.64. The van der Waals surface area contributed by atoms with Crippen LogP contribution >= 0.6 is 0 Å². The van der Waals surface area contributed by atoms with Crippen LogP contribution in [0.15, 0.2) is 11.6 Å². The Morgan fingerprint density at radius 3 is 2.47 bits per heavy atom. The number of epoxide rings is 2. The molecule has 0 aromatic heterocycles. The number of hydrogen-bond donors (Lipinski definition) is 3. The Balaban J connectivity index is 1.29. The summed E-state index contributed by atoms with van der Waals surface area (Å²) in [5.74, 6) is -2.12. The molecule has 0 radical (unpaired) electrons. The maximum atomic E-state index is 13.2. The highest BCUT2D eigenvalue weighted by Gasteiger charge is 2.70. The van der Waals surface area contributed by atoms with Gasteiger partial charge in [-0.1, -0.05) is 32.4 Å². The molecule has 4 fully saturated rings. The van der Waals surface area contributed by atoms with Gasteiger partial charge in [0, 0.05) is 24.8 Å². The van der Waals surface area contributed by atoms with Gasteiger partial charge in [0.2, 0.25) is 11.8 Å². The molecular formula is C33H51N3O9. The lowest BCUT2D eigenvalue weighted by Crippen LogP contribution is -2.53. The second-order valence-corrected chi connectivity index (χ2v) is 14.1. The van der Waals surface area contributed by atoms with Gasteiger partial charge < -0.3 is 34.9 Å². The number of ketones is 1. The van der Waals surface area contributed by atoms with E-state index in [2.05, 4.69) is 44.4 Å². The van der Waals surface area contributed by atoms with Crippen molar-refractivity contribution < 1.29 is 43.3 Å². The standard InChI is InChI=1S/C33H51N3O9/c1-19(2)9-11-26-32(6,45-26)29-21(5)25(13-14-33(29)18-43-33)44-31(42)34-17-27(38)36-15-7-8-23(36)30(41)35-22(16-20(3)4)24(37)10-12-28(39)40/h9,20-23,25-26,29H,7-8,10-18H2,1-6H3,(H,34,42)(H,35,41)(H,39,40)/t21-,22+,23+,25-,26-,29-,32+,33+/m1/s1. The molecule has 1 aliphatic carbocycles. The maximum Gasteiger partial charge on any atom is 0.407 e. The highest BCUT2D eigenvalue weighted by Crippen LogP contribution is 2.60. The summed E-state index contributed by atoms with van der Waals surface area (Å²) in [6.07, 6.45) is 4.43. The van der Waals surface area contributed by atoms with Gasteiger partial charge in [-0.05, 0) is 65.2 Å². The summed E-state index contributed by atoms with van der Waals surface area (Å²) in [5.41, 5.74) is 0.658. The van der Waals surface area contributed by atoms with Gasteiger partial charge in [0.1, 0.15) is 18.7 Å². The maximum absolute atomic E-state index is 13.2. The zero-order chi connectivity index (χ0) is 33.1. The normalized spacial score (nSPS) is 32.5. The molecule has 0 unspecified atom stereocenters. The molecule has 8 atom stereocenters. The number of amides is 3. The minimum Gasteiger partial charge on any atom is -0.481 e. The Bertz CT molecular complexity index is 1180. The molecule has 3 amide bonds. The third kappa shape index (κ3) is 8.44. The van der Waals surface area contributed by atoms with Gasteiger partial charge in [-0.3, -0.25) is 19.2 Å². The molecule has 4 aliphatic rings. The van der Waals surface area contributed by atoms with Crippen molar-refractivity contribution in [3.8, 4) is 0 Å². The van der Waals surface area contributed by atoms with Crippen molar-refractivity contribution in [3.05, 3.63) is 11.6 Å². The van der Waals surface area contributed by atoms with Gasteiger partial charge in [0.25, 0.3) is 0 Å². The predicted molar refractivity (Wildman–Crippen MR) is 164 cm³/mol. The Morgan fingerprint density at radius 1 is 1.13 bits per heavy atom. The smallest absolute Gasteiger partial charge is 0.407 e. The Labute approximate surface area is 266 Å². The third-order valence-electron chi connectivity index (χ3n) is 9.90. The summed E-state index contributed by atoms with van der Waals surface area (Å²) in [6.45, 7) is 12.9. The number of carboxylic acid groups (broad SMARTS) is 1. The lowest BCUT2D eigenvalue weighted by Gasteiger charge is -2.42. The zero-order valence-electron chi connectivity index (χ0n) is 27.6. The van der Waals surface area contributed by atoms with Crippen LogP contribution in [0, 0.1) is 17.8 Å². The van der Waals surface area contributed by atoms with E-state index in [1.54, 1.807) is 0 Å². The molecule has 4 rings (SSSR count). The van der Waals surface area contributed by atoms with Crippen LogP contribution in [0.3, 0.4) is 0 Å². The number of alkyl carbamates (subject to hydrolysis) is 1. The van der Waals surface area contributed by atoms with Crippen molar-refractivity contribution in [2.45, 2.75) is 128 Å². The summed E-state index contributed by atoms with van der Waals surface area (Å²) >= 11 is 0. The van der Waals surface area contributed by atoms with E-state index in [0.29, 0.717) is 38.8 Å². The number of carbonyl (C=O) groups excluding carboxylic acids is 4. The molecule has 12 nitrogen and oxygen atoms in total. The number of Topliss-reactive ketones (excluding diaryl/α,β-unsaturated/α-hetero) is 1. The third-order valence-corrected chi connectivity index (χ3v) is 9.90. The first kappa shape index (κ1) is 34.9. The highest BCUT2D eigenvalue weighted by atomic mass is 16.6. The first-order chi connectivity index (χ1) is 21.2. The second kappa shape index (κ2) is 14.2. The molecule has 1 spiro atoms. The second-order valence-electron chi connectivity index (χ2n) is 14.1. The average molecular weight is 634 g/mol. The molecular weight excluding hydrogens is 582 g/mol. The fraction of sp³-hybridized carbons (Fsp3) is 0.788. The van der Waals surface area contributed by atoms with Gasteiger partial charge in [-0.25, -0.2) is 4.79 Å². The van der Waals surface area contributed by atoms with Crippen LogP contribution in [-0.4, -0.2) is 94.9 Å². The van der Waals surface area contributed by atoms with E-state index in [0.717, 1.165) is 12.8 Å². The molecule has 3 aliphatic heterocycles. The molecule has 3 N–H and O–H groups in total. The topological polar surface area (TPSA) is 167 Å². The summed E-state index contributed by atoms with van der Waals surface area (Å²) in [4.78, 5) is 64.2. The van der Waals surface area contributed by atoms with Gasteiger partial charge in [-0.15, -0.1) is 0 Å². The fourth-order valence-corrected chi connectivity index (χ4v) is 7.48. The number of nitrogens with one attached hydrogen (secondary N) is 2. The van der Waals surface area contributed by atoms with Crippen molar-refractivity contribution >= 4 is 29.7 Å². The number of hydrogen-bond acceptors (Lipinski definition) is 8. The van der Waals surface area contributed by atoms with E-state index in [9.17, 15) is 24.0 Å². The number of likely N-dealkylation sites (tertiary alicyclic amines) is 1. The number of carbonyl (C=O) groups is 5. The Hall–Kier alpha value is -2.99. The summed E-state index contributed by atoms with van der Waals surface area (Å²) in [5, 5.41) is 14.3. The largest absolute Gasteiger partial charge is 0.481 e. The SMILES string of the molecule is CC(C)=CC[C@H]1O[C@]1(C)[C@H]1[C@H](C)[C@H](OC(=O)NCC(=O)N2CCC[C@H]2C(=O)N[C@@H](CC(C)C)C(=O)CCC(=O)O)CC[C@]12CO2. The van der Waals surface area contributed by atoms with Crippen LogP contribution in [0.5, 0.6) is 0 Å². The monoisotopic (exact) mass is 633 g/mol. The highest BCUT2D eigenvalue weighted by molar-refractivity contribution is 5.94. The van der Waals surface area contributed by atoms with E-state index in [1.165, 1.54) is 10.5 Å². The van der Waals surface area contributed by atoms with Crippen molar-refractivity contribution in [3.63, 3.8) is 0 Å². The van der Waals surface area contributed by atoms with Crippen LogP contribution in [0.4, 0.5) is 4.79 Å². The number of aliphatic carboxylic acids is 1. The number of carboxylic acids is 1. The van der Waals surface area contributed by atoms with Crippen molar-refractivity contribution in [2.75, 3.05) is 19.7 Å². The summed E-state index contributed by atoms with van der Waals surface area (Å²) in [6, 6.07) is -1.60. The summed E-state index contributed by atoms with van der Waals surface area (Å²) < 4.78 is 18.1. The van der Waals surface area contributed by atoms with E-state index < -0.39 is 36.0 Å². The molecule has 12 heteroatoms. The van der Waals surface area contributed by atoms with Crippen LogP contribution in [0.1, 0.15) is 92.9 Å². The molecule has 0 aromatic rings. The van der Waals surface area contributed by atoms with Crippen LogP contribution < -0.4 is 10.6 Å². The fourth-order valence-electron chi connectivity index (χ4n) is 7.48. The Kier molecular flexibility index (Phi) is 11.0. The van der Waals surface area contributed by atoms with Gasteiger partial charge in [0.05, 0.1) is 36.4 Å². The molecule has 252 valence electrons. The van der Waals surface area contributed by atoms with E-state index in [-0.39, 0.29) is 66.3 Å². The zero-order valence-corrected chi connectivity index (χ0v) is 27.6. The van der Waals surface area contributed by atoms with Gasteiger partial charge in [-0.2, -0.15) is 0 Å². The number of ether oxygens (including phenoxy) is 3. The molecule has 3 heterocycles. The first-order valence-electron chi connectivity index (χ1n) is 16.4. The van der Waals surface area contributed by atoms with E-state index in [1.807, 2.05) is 13.8 Å². The first-order valence-corrected chi connectivity index (χ1v) is 16.4. The summed E-state index contributed by atoms with van der Waals surface area (Å²) in [7, 11) is 0. The quantitative estimate of drug-likeness (QED) is 0.192. The van der Waals surface area contributed by atoms with Crippen molar-refractivity contribution in [2.24, 2.45) is 17.8 Å². The number of allylic oxidation sites excluding steroid dienone is 1. The lowest BCUT2D eigenvalue weighted by molar-refractivity contribution is -0.140. The molecule has 3 saturated heterocycles. The molecule has 0 aromatic carbocycles. The number of nitrogens with zero attached hydrogens (tertiary/aromatic N) is 1. The van der Waals surface area contributed by atoms with Crippen molar-refractivity contribution in [1.29, 1.82) is 0 Å². The molecule has 1 saturated carbocycles. The minimum absolute atomic E-state index is 0.00643. The minimum atomic E-state index is -1.08. The Morgan fingerprint density at radius 2 is 1.84 bits per heavy atom.